The smallest absolute Gasteiger partial charge is 0.265 e. The molecule has 2 amide bonds. The molecule has 0 bridgehead atoms. The van der Waals surface area contributed by atoms with Gasteiger partial charge in [0.1, 0.15) is 4.88 Å². The van der Waals surface area contributed by atoms with Crippen molar-refractivity contribution in [2.45, 2.75) is 6.42 Å². The van der Waals surface area contributed by atoms with Gasteiger partial charge in [-0.05, 0) is 33.8 Å². The van der Waals surface area contributed by atoms with Gasteiger partial charge in [0, 0.05) is 17.6 Å². The normalized spacial score (nSPS) is 20.1. The maximum atomic E-state index is 12.1. The van der Waals surface area contributed by atoms with Crippen LogP contribution < -0.4 is 5.73 Å². The van der Waals surface area contributed by atoms with E-state index in [1.807, 2.05) is 11.4 Å². The molecule has 4 nitrogen and oxygen atoms in total. The molecule has 1 aromatic heterocycles. The number of hydrogen-bond donors (Lipinski definition) is 1. The van der Waals surface area contributed by atoms with Gasteiger partial charge >= 0.3 is 0 Å². The number of nitrogens with two attached hydrogens (primary N) is 1. The van der Waals surface area contributed by atoms with Gasteiger partial charge in [0.25, 0.3) is 5.91 Å². The topological polar surface area (TPSA) is 63.4 Å². The van der Waals surface area contributed by atoms with Gasteiger partial charge in [0.05, 0.1) is 5.92 Å². The zero-order chi connectivity index (χ0) is 11.7. The Morgan fingerprint density at radius 3 is 2.81 bits per heavy atom. The van der Waals surface area contributed by atoms with Gasteiger partial charge in [-0.25, -0.2) is 0 Å². The van der Waals surface area contributed by atoms with E-state index in [0.717, 1.165) is 4.47 Å². The van der Waals surface area contributed by atoms with Gasteiger partial charge in [0.15, 0.2) is 0 Å². The van der Waals surface area contributed by atoms with E-state index in [0.29, 0.717) is 24.4 Å². The predicted octanol–water partition coefficient (Wildman–Crippen LogP) is 1.46. The summed E-state index contributed by atoms with van der Waals surface area (Å²) < 4.78 is 0.810. The number of halogens is 1. The lowest BCUT2D eigenvalue weighted by Gasteiger charge is -2.14. The summed E-state index contributed by atoms with van der Waals surface area (Å²) in [5.74, 6) is -0.533. The fourth-order valence-electron chi connectivity index (χ4n) is 1.77. The van der Waals surface area contributed by atoms with Crippen molar-refractivity contribution in [3.8, 4) is 0 Å². The minimum Gasteiger partial charge on any atom is -0.369 e. The predicted molar refractivity (Wildman–Crippen MR) is 65.2 cm³/mol. The molecule has 0 spiro atoms. The number of amides is 2. The SMILES string of the molecule is NC(=O)C1CCN(C(=O)c2sccc2Br)C1. The molecular formula is C10H11BrN2O2S. The Morgan fingerprint density at radius 2 is 2.31 bits per heavy atom. The largest absolute Gasteiger partial charge is 0.369 e. The van der Waals surface area contributed by atoms with Crippen molar-refractivity contribution in [1.29, 1.82) is 0 Å². The molecule has 1 unspecified atom stereocenters. The first kappa shape index (κ1) is 11.6. The number of hydrogen-bond acceptors (Lipinski definition) is 3. The molecule has 1 saturated heterocycles. The Bertz CT molecular complexity index is 432. The van der Waals surface area contributed by atoms with Crippen molar-refractivity contribution in [3.05, 3.63) is 20.8 Å². The molecule has 1 aromatic rings. The maximum Gasteiger partial charge on any atom is 0.265 e. The molecular weight excluding hydrogens is 292 g/mol. The summed E-state index contributed by atoms with van der Waals surface area (Å²) in [5, 5.41) is 1.86. The Hall–Kier alpha value is -0.880. The molecule has 2 N–H and O–H groups in total. The number of nitrogens with zero attached hydrogens (tertiary/aromatic N) is 1. The van der Waals surface area contributed by atoms with Crippen LogP contribution >= 0.6 is 27.3 Å². The molecule has 0 saturated carbocycles. The number of primary amides is 1. The van der Waals surface area contributed by atoms with E-state index in [1.54, 1.807) is 4.90 Å². The van der Waals surface area contributed by atoms with Crippen LogP contribution in [-0.2, 0) is 4.79 Å². The van der Waals surface area contributed by atoms with E-state index in [-0.39, 0.29) is 17.7 Å². The minimum absolute atomic E-state index is 0.0226. The van der Waals surface area contributed by atoms with E-state index >= 15 is 0 Å². The highest BCUT2D eigenvalue weighted by Crippen LogP contribution is 2.26. The third kappa shape index (κ3) is 2.12. The third-order valence-corrected chi connectivity index (χ3v) is 4.51. The number of thiophene rings is 1. The zero-order valence-electron chi connectivity index (χ0n) is 8.48. The summed E-state index contributed by atoms with van der Waals surface area (Å²) in [6.45, 7) is 1.05. The van der Waals surface area contributed by atoms with Gasteiger partial charge in [-0.2, -0.15) is 0 Å². The molecule has 2 rings (SSSR count). The molecule has 0 radical (unpaired) electrons. The Kier molecular flexibility index (Phi) is 3.30. The summed E-state index contributed by atoms with van der Waals surface area (Å²) in [5.41, 5.74) is 5.23. The van der Waals surface area contributed by atoms with Crippen LogP contribution in [0.3, 0.4) is 0 Å². The summed E-state index contributed by atoms with van der Waals surface area (Å²) in [7, 11) is 0. The number of carbonyl (C=O) groups is 2. The van der Waals surface area contributed by atoms with Gasteiger partial charge in [-0.15, -0.1) is 11.3 Å². The number of carbonyl (C=O) groups excluding carboxylic acids is 2. The summed E-state index contributed by atoms with van der Waals surface area (Å²) >= 11 is 4.73. The molecule has 1 aliphatic rings. The molecule has 16 heavy (non-hydrogen) atoms. The first-order valence-electron chi connectivity index (χ1n) is 4.91. The van der Waals surface area contributed by atoms with E-state index in [2.05, 4.69) is 15.9 Å². The van der Waals surface area contributed by atoms with Crippen LogP contribution in [0.15, 0.2) is 15.9 Å². The van der Waals surface area contributed by atoms with E-state index in [9.17, 15) is 9.59 Å². The Balaban J connectivity index is 2.08. The van der Waals surface area contributed by atoms with Crippen molar-refractivity contribution < 1.29 is 9.59 Å². The van der Waals surface area contributed by atoms with Crippen LogP contribution in [0.5, 0.6) is 0 Å². The van der Waals surface area contributed by atoms with Crippen LogP contribution in [0.1, 0.15) is 16.1 Å². The van der Waals surface area contributed by atoms with E-state index < -0.39 is 0 Å². The molecule has 2 heterocycles. The van der Waals surface area contributed by atoms with E-state index in [4.69, 9.17) is 5.73 Å². The third-order valence-electron chi connectivity index (χ3n) is 2.69. The van der Waals surface area contributed by atoms with Crippen LogP contribution in [0.4, 0.5) is 0 Å². The summed E-state index contributed by atoms with van der Waals surface area (Å²) in [6.07, 6.45) is 0.671. The van der Waals surface area contributed by atoms with Crippen molar-refractivity contribution in [2.75, 3.05) is 13.1 Å². The molecule has 0 aromatic carbocycles. The highest BCUT2D eigenvalue weighted by Gasteiger charge is 2.31. The van der Waals surface area contributed by atoms with Crippen molar-refractivity contribution in [1.82, 2.24) is 4.90 Å². The second-order valence-corrected chi connectivity index (χ2v) is 5.51. The lowest BCUT2D eigenvalue weighted by atomic mass is 10.1. The molecule has 1 atom stereocenters. The van der Waals surface area contributed by atoms with E-state index in [1.165, 1.54) is 11.3 Å². The lowest BCUT2D eigenvalue weighted by Crippen LogP contribution is -2.31. The summed E-state index contributed by atoms with van der Waals surface area (Å²) in [4.78, 5) is 25.4. The molecule has 0 aliphatic carbocycles. The fourth-order valence-corrected chi connectivity index (χ4v) is 3.27. The quantitative estimate of drug-likeness (QED) is 0.899. The molecule has 86 valence electrons. The standard InChI is InChI=1S/C10H11BrN2O2S/c11-7-2-4-16-8(7)10(15)13-3-1-6(5-13)9(12)14/h2,4,6H,1,3,5H2,(H2,12,14). The number of rotatable bonds is 2. The van der Waals surface area contributed by atoms with Gasteiger partial charge in [-0.1, -0.05) is 0 Å². The highest BCUT2D eigenvalue weighted by atomic mass is 79.9. The highest BCUT2D eigenvalue weighted by molar-refractivity contribution is 9.10. The molecule has 1 fully saturated rings. The van der Waals surface area contributed by atoms with Crippen molar-refractivity contribution >= 4 is 39.1 Å². The second kappa shape index (κ2) is 4.55. The summed E-state index contributed by atoms with van der Waals surface area (Å²) in [6, 6.07) is 1.85. The van der Waals surface area contributed by atoms with Crippen LogP contribution in [0.25, 0.3) is 0 Å². The first-order chi connectivity index (χ1) is 7.59. The van der Waals surface area contributed by atoms with Crippen molar-refractivity contribution in [2.24, 2.45) is 11.7 Å². The lowest BCUT2D eigenvalue weighted by molar-refractivity contribution is -0.121. The molecule has 1 aliphatic heterocycles. The van der Waals surface area contributed by atoms with Crippen LogP contribution in [0.2, 0.25) is 0 Å². The molecule has 6 heteroatoms. The second-order valence-electron chi connectivity index (χ2n) is 3.74. The monoisotopic (exact) mass is 302 g/mol. The number of likely N-dealkylation sites (tertiary alicyclic amines) is 1. The Morgan fingerprint density at radius 1 is 1.56 bits per heavy atom. The van der Waals surface area contributed by atoms with Gasteiger partial charge in [-0.3, -0.25) is 9.59 Å². The average Bonchev–Trinajstić information content (AvgIpc) is 2.84. The maximum absolute atomic E-state index is 12.1. The van der Waals surface area contributed by atoms with Gasteiger partial charge in [0.2, 0.25) is 5.91 Å². The van der Waals surface area contributed by atoms with Crippen LogP contribution in [-0.4, -0.2) is 29.8 Å². The Labute approximate surface area is 106 Å². The average molecular weight is 303 g/mol. The first-order valence-corrected chi connectivity index (χ1v) is 6.58. The fraction of sp³-hybridized carbons (Fsp3) is 0.400. The van der Waals surface area contributed by atoms with Crippen molar-refractivity contribution in [3.63, 3.8) is 0 Å². The minimum atomic E-state index is -0.319. The van der Waals surface area contributed by atoms with Crippen LogP contribution in [0, 0.1) is 5.92 Å². The zero-order valence-corrected chi connectivity index (χ0v) is 10.9. The van der Waals surface area contributed by atoms with Gasteiger partial charge < -0.3 is 10.6 Å².